The van der Waals surface area contributed by atoms with Crippen molar-refractivity contribution in [2.75, 3.05) is 5.32 Å². The Bertz CT molecular complexity index is 326. The average Bonchev–Trinajstić information content (AvgIpc) is 2.52. The zero-order valence-electron chi connectivity index (χ0n) is 8.85. The summed E-state index contributed by atoms with van der Waals surface area (Å²) in [4.78, 5) is 11.2. The molecule has 1 amide bonds. The van der Waals surface area contributed by atoms with E-state index >= 15 is 0 Å². The third-order valence-corrected chi connectivity index (χ3v) is 2.72. The average molecular weight is 251 g/mol. The van der Waals surface area contributed by atoms with Crippen LogP contribution in [0.4, 0.5) is 5.13 Å². The van der Waals surface area contributed by atoms with Crippen LogP contribution < -0.4 is 11.1 Å². The summed E-state index contributed by atoms with van der Waals surface area (Å²) in [5, 5.41) is 11.8. The second-order valence-electron chi connectivity index (χ2n) is 3.38. The second kappa shape index (κ2) is 5.99. The predicted molar refractivity (Wildman–Crippen MR) is 63.5 cm³/mol. The summed E-state index contributed by atoms with van der Waals surface area (Å²) >= 11 is 1.38. The molecule has 0 saturated heterocycles. The maximum Gasteiger partial charge on any atom is 0.242 e. The number of nitrogens with zero attached hydrogens (tertiary/aromatic N) is 2. The van der Waals surface area contributed by atoms with Crippen molar-refractivity contribution in [2.24, 2.45) is 5.73 Å². The molecule has 1 heterocycles. The molecule has 86 valence electrons. The number of rotatable bonds is 3. The minimum Gasteiger partial charge on any atom is -0.320 e. The van der Waals surface area contributed by atoms with Gasteiger partial charge in [-0.1, -0.05) is 25.2 Å². The Morgan fingerprint density at radius 3 is 2.40 bits per heavy atom. The van der Waals surface area contributed by atoms with E-state index < -0.39 is 6.04 Å². The van der Waals surface area contributed by atoms with Gasteiger partial charge >= 0.3 is 0 Å². The van der Waals surface area contributed by atoms with Gasteiger partial charge in [-0.15, -0.1) is 22.6 Å². The van der Waals surface area contributed by atoms with Gasteiger partial charge in [0.25, 0.3) is 0 Å². The lowest BCUT2D eigenvalue weighted by molar-refractivity contribution is -0.117. The molecule has 3 N–H and O–H groups in total. The van der Waals surface area contributed by atoms with Crippen LogP contribution in [0.25, 0.3) is 0 Å². The first-order chi connectivity index (χ1) is 6.50. The molecular weight excluding hydrogens is 236 g/mol. The van der Waals surface area contributed by atoms with Crippen LogP contribution in [0, 0.1) is 0 Å². The molecule has 7 heteroatoms. The van der Waals surface area contributed by atoms with Crippen molar-refractivity contribution in [2.45, 2.75) is 32.7 Å². The van der Waals surface area contributed by atoms with E-state index in [1.165, 1.54) is 11.3 Å². The van der Waals surface area contributed by atoms with E-state index in [9.17, 15) is 4.79 Å². The van der Waals surface area contributed by atoms with E-state index in [-0.39, 0.29) is 18.3 Å². The molecule has 0 bridgehead atoms. The van der Waals surface area contributed by atoms with Crippen LogP contribution in [0.15, 0.2) is 0 Å². The van der Waals surface area contributed by atoms with Crippen molar-refractivity contribution in [3.05, 3.63) is 5.01 Å². The first-order valence-electron chi connectivity index (χ1n) is 4.40. The Morgan fingerprint density at radius 1 is 1.40 bits per heavy atom. The highest BCUT2D eigenvalue weighted by atomic mass is 35.5. The van der Waals surface area contributed by atoms with Crippen LogP contribution in [-0.4, -0.2) is 22.1 Å². The highest BCUT2D eigenvalue weighted by Crippen LogP contribution is 2.22. The lowest BCUT2D eigenvalue weighted by atomic mass is 10.2. The van der Waals surface area contributed by atoms with Crippen molar-refractivity contribution in [1.29, 1.82) is 0 Å². The largest absolute Gasteiger partial charge is 0.320 e. The molecule has 1 atom stereocenters. The standard InChI is InChI=1S/C8H14N4OS.ClH/c1-4(2)7-11-12-8(14-7)10-6(13)5(3)9;/h4-5H,9H2,1-3H3,(H,10,12,13);1H. The van der Waals surface area contributed by atoms with Crippen LogP contribution in [0.5, 0.6) is 0 Å². The summed E-state index contributed by atoms with van der Waals surface area (Å²) in [7, 11) is 0. The van der Waals surface area contributed by atoms with Gasteiger partial charge in [0.05, 0.1) is 6.04 Å². The second-order valence-corrected chi connectivity index (χ2v) is 4.39. The van der Waals surface area contributed by atoms with Gasteiger partial charge in [0.1, 0.15) is 5.01 Å². The Balaban J connectivity index is 0.00000196. The molecule has 15 heavy (non-hydrogen) atoms. The Kier molecular flexibility index (Phi) is 5.71. The van der Waals surface area contributed by atoms with E-state index in [0.29, 0.717) is 11.0 Å². The number of carbonyl (C=O) groups is 1. The SMILES string of the molecule is CC(N)C(=O)Nc1nnc(C(C)C)s1.Cl. The third kappa shape index (κ3) is 4.11. The lowest BCUT2D eigenvalue weighted by Crippen LogP contribution is -2.32. The third-order valence-electron chi connectivity index (χ3n) is 1.58. The normalized spacial score (nSPS) is 12.1. The summed E-state index contributed by atoms with van der Waals surface area (Å²) in [5.74, 6) is 0.0879. The minimum atomic E-state index is -0.526. The van der Waals surface area contributed by atoms with Gasteiger partial charge in [-0.25, -0.2) is 0 Å². The zero-order valence-corrected chi connectivity index (χ0v) is 10.5. The quantitative estimate of drug-likeness (QED) is 0.849. The molecule has 1 aromatic rings. The topological polar surface area (TPSA) is 80.9 Å². The molecular formula is C8H15ClN4OS. The summed E-state index contributed by atoms with van der Waals surface area (Å²) in [6, 6.07) is -0.526. The zero-order chi connectivity index (χ0) is 10.7. The number of hydrogen-bond donors (Lipinski definition) is 2. The number of aromatic nitrogens is 2. The summed E-state index contributed by atoms with van der Waals surface area (Å²) in [6.45, 7) is 5.68. The van der Waals surface area contributed by atoms with Crippen LogP contribution in [-0.2, 0) is 4.79 Å². The van der Waals surface area contributed by atoms with Crippen molar-refractivity contribution >= 4 is 34.8 Å². The van der Waals surface area contributed by atoms with E-state index in [1.54, 1.807) is 6.92 Å². The maximum absolute atomic E-state index is 11.2. The molecule has 0 aromatic carbocycles. The predicted octanol–water partition coefficient (Wildman–Crippen LogP) is 1.37. The number of halogens is 1. The van der Waals surface area contributed by atoms with Crippen LogP contribution in [0.3, 0.4) is 0 Å². The molecule has 0 saturated carbocycles. The highest BCUT2D eigenvalue weighted by molar-refractivity contribution is 7.15. The number of anilines is 1. The minimum absolute atomic E-state index is 0. The van der Waals surface area contributed by atoms with E-state index in [2.05, 4.69) is 15.5 Å². The summed E-state index contributed by atoms with van der Waals surface area (Å²) < 4.78 is 0. The molecule has 0 spiro atoms. The van der Waals surface area contributed by atoms with E-state index in [1.807, 2.05) is 13.8 Å². The van der Waals surface area contributed by atoms with Gasteiger partial charge in [0.2, 0.25) is 11.0 Å². The number of amides is 1. The van der Waals surface area contributed by atoms with Crippen molar-refractivity contribution in [1.82, 2.24) is 10.2 Å². The number of carbonyl (C=O) groups excluding carboxylic acids is 1. The molecule has 0 aliphatic heterocycles. The van der Waals surface area contributed by atoms with E-state index in [0.717, 1.165) is 5.01 Å². The Hall–Kier alpha value is -0.720. The van der Waals surface area contributed by atoms with Gasteiger partial charge in [-0.05, 0) is 6.92 Å². The molecule has 1 rings (SSSR count). The number of nitrogens with one attached hydrogen (secondary N) is 1. The number of hydrogen-bond acceptors (Lipinski definition) is 5. The van der Waals surface area contributed by atoms with Gasteiger partial charge in [0, 0.05) is 5.92 Å². The molecule has 0 radical (unpaired) electrons. The molecule has 5 nitrogen and oxygen atoms in total. The van der Waals surface area contributed by atoms with Gasteiger partial charge < -0.3 is 5.73 Å². The van der Waals surface area contributed by atoms with Crippen molar-refractivity contribution in [3.8, 4) is 0 Å². The van der Waals surface area contributed by atoms with Crippen LogP contribution in [0.2, 0.25) is 0 Å². The molecule has 1 aromatic heterocycles. The molecule has 0 aliphatic carbocycles. The van der Waals surface area contributed by atoms with Gasteiger partial charge in [-0.2, -0.15) is 0 Å². The Morgan fingerprint density at radius 2 is 2.00 bits per heavy atom. The fourth-order valence-electron chi connectivity index (χ4n) is 0.738. The van der Waals surface area contributed by atoms with Gasteiger partial charge in [0.15, 0.2) is 0 Å². The van der Waals surface area contributed by atoms with Crippen molar-refractivity contribution in [3.63, 3.8) is 0 Å². The lowest BCUT2D eigenvalue weighted by Gasteiger charge is -2.02. The van der Waals surface area contributed by atoms with Crippen molar-refractivity contribution < 1.29 is 4.79 Å². The first kappa shape index (κ1) is 14.3. The summed E-state index contributed by atoms with van der Waals surface area (Å²) in [6.07, 6.45) is 0. The summed E-state index contributed by atoms with van der Waals surface area (Å²) in [5.41, 5.74) is 5.39. The maximum atomic E-state index is 11.2. The molecule has 1 unspecified atom stereocenters. The number of nitrogens with two attached hydrogens (primary N) is 1. The fraction of sp³-hybridized carbons (Fsp3) is 0.625. The van der Waals surface area contributed by atoms with E-state index in [4.69, 9.17) is 5.73 Å². The highest BCUT2D eigenvalue weighted by Gasteiger charge is 2.12. The first-order valence-corrected chi connectivity index (χ1v) is 5.22. The smallest absolute Gasteiger partial charge is 0.242 e. The van der Waals surface area contributed by atoms with Gasteiger partial charge in [-0.3, -0.25) is 10.1 Å². The monoisotopic (exact) mass is 250 g/mol. The molecule has 0 fully saturated rings. The van der Waals surface area contributed by atoms with Crippen LogP contribution >= 0.6 is 23.7 Å². The molecule has 0 aliphatic rings. The fourth-order valence-corrected chi connectivity index (χ4v) is 1.49. The van der Waals surface area contributed by atoms with Crippen LogP contribution in [0.1, 0.15) is 31.7 Å². The Labute approximate surface area is 98.9 Å².